The quantitative estimate of drug-likeness (QED) is 0.932. The molecule has 0 saturated carbocycles. The van der Waals surface area contributed by atoms with Crippen LogP contribution in [-0.4, -0.2) is 17.2 Å². The van der Waals surface area contributed by atoms with Crippen LogP contribution in [0.1, 0.15) is 25.6 Å². The van der Waals surface area contributed by atoms with Gasteiger partial charge in [-0.2, -0.15) is 4.98 Å². The molecule has 2 rings (SSSR count). The summed E-state index contributed by atoms with van der Waals surface area (Å²) in [7, 11) is 1.98. The molecule has 0 amide bonds. The number of hydrogen-bond acceptors (Lipinski definition) is 5. The van der Waals surface area contributed by atoms with Crippen LogP contribution in [0.25, 0.3) is 0 Å². The summed E-state index contributed by atoms with van der Waals surface area (Å²) in [6.45, 7) is 4.26. The lowest BCUT2D eigenvalue weighted by molar-refractivity contribution is 0.360. The second kappa shape index (κ2) is 6.04. The van der Waals surface area contributed by atoms with Gasteiger partial charge in [-0.3, -0.25) is 0 Å². The van der Waals surface area contributed by atoms with Gasteiger partial charge >= 0.3 is 0 Å². The third kappa shape index (κ3) is 3.94. The SMILES string of the molecule is CN(Cc1nc(C(C)(C)N)no1)c1ccccc1.Cl. The Morgan fingerprint density at radius 1 is 1.26 bits per heavy atom. The van der Waals surface area contributed by atoms with E-state index in [1.165, 1.54) is 0 Å². The minimum Gasteiger partial charge on any atom is -0.365 e. The zero-order chi connectivity index (χ0) is 13.2. The lowest BCUT2D eigenvalue weighted by Gasteiger charge is -2.16. The summed E-state index contributed by atoms with van der Waals surface area (Å²) >= 11 is 0. The highest BCUT2D eigenvalue weighted by atomic mass is 35.5. The molecular weight excluding hydrogens is 264 g/mol. The summed E-state index contributed by atoms with van der Waals surface area (Å²) in [6, 6.07) is 10.0. The van der Waals surface area contributed by atoms with Crippen LogP contribution in [0.15, 0.2) is 34.9 Å². The van der Waals surface area contributed by atoms with Gasteiger partial charge < -0.3 is 15.2 Å². The molecule has 0 saturated heterocycles. The number of nitrogens with zero attached hydrogens (tertiary/aromatic N) is 3. The highest BCUT2D eigenvalue weighted by molar-refractivity contribution is 5.85. The minimum atomic E-state index is -0.576. The van der Waals surface area contributed by atoms with E-state index in [0.29, 0.717) is 18.3 Å². The van der Waals surface area contributed by atoms with Gasteiger partial charge in [-0.25, -0.2) is 0 Å². The van der Waals surface area contributed by atoms with Gasteiger partial charge in [0.1, 0.15) is 0 Å². The fraction of sp³-hybridized carbons (Fsp3) is 0.385. The predicted molar refractivity (Wildman–Crippen MR) is 77.3 cm³/mol. The highest BCUT2D eigenvalue weighted by Gasteiger charge is 2.21. The first kappa shape index (κ1) is 15.5. The van der Waals surface area contributed by atoms with E-state index in [2.05, 4.69) is 10.1 Å². The highest BCUT2D eigenvalue weighted by Crippen LogP contribution is 2.16. The van der Waals surface area contributed by atoms with Crippen molar-refractivity contribution in [3.8, 4) is 0 Å². The Kier molecular flexibility index (Phi) is 4.91. The van der Waals surface area contributed by atoms with Gasteiger partial charge in [-0.1, -0.05) is 23.4 Å². The Bertz CT molecular complexity index is 507. The average Bonchev–Trinajstić information content (AvgIpc) is 2.78. The molecule has 104 valence electrons. The Hall–Kier alpha value is -1.59. The summed E-state index contributed by atoms with van der Waals surface area (Å²) in [5, 5.41) is 3.90. The number of hydrogen-bond donors (Lipinski definition) is 1. The number of anilines is 1. The summed E-state index contributed by atoms with van der Waals surface area (Å²) < 4.78 is 5.20. The maximum Gasteiger partial charge on any atom is 0.246 e. The standard InChI is InChI=1S/C13H18N4O.ClH/c1-13(2,14)12-15-11(18-16-12)9-17(3)10-7-5-4-6-8-10;/h4-8H,9,14H2,1-3H3;1H. The van der Waals surface area contributed by atoms with Crippen molar-refractivity contribution in [3.63, 3.8) is 0 Å². The van der Waals surface area contributed by atoms with Crippen molar-refractivity contribution >= 4 is 18.1 Å². The number of nitrogens with two attached hydrogens (primary N) is 1. The molecule has 0 spiro atoms. The number of para-hydroxylation sites is 1. The van der Waals surface area contributed by atoms with Crippen molar-refractivity contribution in [1.29, 1.82) is 0 Å². The van der Waals surface area contributed by atoms with Crippen LogP contribution < -0.4 is 10.6 Å². The van der Waals surface area contributed by atoms with Crippen molar-refractivity contribution in [3.05, 3.63) is 42.0 Å². The van der Waals surface area contributed by atoms with Crippen LogP contribution in [0.5, 0.6) is 0 Å². The molecule has 19 heavy (non-hydrogen) atoms. The molecule has 0 unspecified atom stereocenters. The number of rotatable bonds is 4. The summed E-state index contributed by atoms with van der Waals surface area (Å²) in [6.07, 6.45) is 0. The van der Waals surface area contributed by atoms with Gasteiger partial charge in [0.2, 0.25) is 5.89 Å². The number of benzene rings is 1. The Labute approximate surface area is 119 Å². The fourth-order valence-corrected chi connectivity index (χ4v) is 1.56. The monoisotopic (exact) mass is 282 g/mol. The van der Waals surface area contributed by atoms with Crippen molar-refractivity contribution < 1.29 is 4.52 Å². The molecule has 0 fully saturated rings. The smallest absolute Gasteiger partial charge is 0.246 e. The zero-order valence-electron chi connectivity index (χ0n) is 11.3. The Balaban J connectivity index is 0.00000180. The van der Waals surface area contributed by atoms with Crippen molar-refractivity contribution in [1.82, 2.24) is 10.1 Å². The fourth-order valence-electron chi connectivity index (χ4n) is 1.56. The third-order valence-electron chi connectivity index (χ3n) is 2.61. The van der Waals surface area contributed by atoms with E-state index < -0.39 is 5.54 Å². The largest absolute Gasteiger partial charge is 0.365 e. The molecule has 2 aromatic rings. The van der Waals surface area contributed by atoms with Crippen LogP contribution in [0.4, 0.5) is 5.69 Å². The molecule has 1 aromatic carbocycles. The van der Waals surface area contributed by atoms with E-state index >= 15 is 0 Å². The molecule has 1 aromatic heterocycles. The molecule has 0 aliphatic carbocycles. The number of halogens is 1. The van der Waals surface area contributed by atoms with Gasteiger partial charge in [0.05, 0.1) is 12.1 Å². The van der Waals surface area contributed by atoms with E-state index in [-0.39, 0.29) is 12.4 Å². The second-order valence-corrected chi connectivity index (χ2v) is 4.93. The maximum absolute atomic E-state index is 5.91. The summed E-state index contributed by atoms with van der Waals surface area (Å²) in [4.78, 5) is 6.35. The van der Waals surface area contributed by atoms with Crippen LogP contribution in [-0.2, 0) is 12.1 Å². The molecule has 6 heteroatoms. The van der Waals surface area contributed by atoms with E-state index in [1.807, 2.05) is 56.1 Å². The van der Waals surface area contributed by atoms with Gasteiger partial charge in [0.15, 0.2) is 5.82 Å². The topological polar surface area (TPSA) is 68.2 Å². The molecule has 0 aliphatic rings. The first-order chi connectivity index (χ1) is 8.47. The normalized spacial score (nSPS) is 10.9. The molecule has 0 bridgehead atoms. The van der Waals surface area contributed by atoms with Gasteiger partial charge in [-0.15, -0.1) is 12.4 Å². The van der Waals surface area contributed by atoms with Crippen LogP contribution in [0, 0.1) is 0 Å². The molecule has 1 heterocycles. The number of aromatic nitrogens is 2. The molecule has 0 atom stereocenters. The lowest BCUT2D eigenvalue weighted by Crippen LogP contribution is -2.30. The van der Waals surface area contributed by atoms with Crippen molar-refractivity contribution in [2.45, 2.75) is 25.9 Å². The van der Waals surface area contributed by atoms with E-state index in [0.717, 1.165) is 5.69 Å². The maximum atomic E-state index is 5.91. The first-order valence-electron chi connectivity index (χ1n) is 5.85. The van der Waals surface area contributed by atoms with E-state index in [9.17, 15) is 0 Å². The average molecular weight is 283 g/mol. The van der Waals surface area contributed by atoms with Crippen molar-refractivity contribution in [2.75, 3.05) is 11.9 Å². The Morgan fingerprint density at radius 3 is 2.42 bits per heavy atom. The zero-order valence-corrected chi connectivity index (χ0v) is 12.1. The predicted octanol–water partition coefficient (Wildman–Crippen LogP) is 2.32. The molecular formula is C13H19ClN4O. The summed E-state index contributed by atoms with van der Waals surface area (Å²) in [5.41, 5.74) is 6.44. The van der Waals surface area contributed by atoms with Crippen LogP contribution >= 0.6 is 12.4 Å². The van der Waals surface area contributed by atoms with Gasteiger partial charge in [0.25, 0.3) is 0 Å². The first-order valence-corrected chi connectivity index (χ1v) is 5.85. The molecule has 2 N–H and O–H groups in total. The Morgan fingerprint density at radius 2 is 1.89 bits per heavy atom. The van der Waals surface area contributed by atoms with E-state index in [4.69, 9.17) is 10.3 Å². The molecule has 0 radical (unpaired) electrons. The van der Waals surface area contributed by atoms with Crippen molar-refractivity contribution in [2.24, 2.45) is 5.73 Å². The van der Waals surface area contributed by atoms with Crippen LogP contribution in [0.3, 0.4) is 0 Å². The minimum absolute atomic E-state index is 0. The second-order valence-electron chi connectivity index (χ2n) is 4.93. The lowest BCUT2D eigenvalue weighted by atomic mass is 10.1. The summed E-state index contributed by atoms with van der Waals surface area (Å²) in [5.74, 6) is 1.09. The molecule has 5 nitrogen and oxygen atoms in total. The molecule has 0 aliphatic heterocycles. The third-order valence-corrected chi connectivity index (χ3v) is 2.61. The van der Waals surface area contributed by atoms with Gasteiger partial charge in [0, 0.05) is 12.7 Å². The van der Waals surface area contributed by atoms with E-state index in [1.54, 1.807) is 0 Å². The van der Waals surface area contributed by atoms with Gasteiger partial charge in [-0.05, 0) is 26.0 Å². The van der Waals surface area contributed by atoms with Crippen LogP contribution in [0.2, 0.25) is 0 Å².